The number of nitrogens with zero attached hydrogens (tertiary/aromatic N) is 2. The summed E-state index contributed by atoms with van der Waals surface area (Å²) in [7, 11) is 0. The van der Waals surface area contributed by atoms with Gasteiger partial charge >= 0.3 is 0 Å². The van der Waals surface area contributed by atoms with E-state index in [9.17, 15) is 0 Å². The Labute approximate surface area is 95.4 Å². The van der Waals surface area contributed by atoms with Gasteiger partial charge < -0.3 is 5.32 Å². The number of nitrogens with two attached hydrogens (primary N) is 1. The average Bonchev–Trinajstić information content (AvgIpc) is 2.21. The number of hydrogen-bond donors (Lipinski definition) is 3. The highest BCUT2D eigenvalue weighted by Gasteiger charge is 2.02. The van der Waals surface area contributed by atoms with Crippen molar-refractivity contribution >= 4 is 39.5 Å². The van der Waals surface area contributed by atoms with Crippen molar-refractivity contribution in [1.82, 2.24) is 9.97 Å². The Morgan fingerprint density at radius 2 is 2.43 bits per heavy atom. The molecule has 0 saturated carbocycles. The van der Waals surface area contributed by atoms with Gasteiger partial charge in [-0.15, -0.1) is 0 Å². The van der Waals surface area contributed by atoms with E-state index in [2.05, 4.69) is 42.9 Å². The van der Waals surface area contributed by atoms with Crippen molar-refractivity contribution < 1.29 is 0 Å². The van der Waals surface area contributed by atoms with E-state index in [-0.39, 0.29) is 0 Å². The second kappa shape index (κ2) is 6.05. The van der Waals surface area contributed by atoms with Crippen LogP contribution < -0.4 is 16.6 Å². The number of nitrogen functional groups attached to an aromatic ring is 1. The van der Waals surface area contributed by atoms with Gasteiger partial charge in [-0.25, -0.2) is 10.8 Å². The van der Waals surface area contributed by atoms with Crippen LogP contribution in [0.15, 0.2) is 10.7 Å². The quantitative estimate of drug-likeness (QED) is 0.428. The van der Waals surface area contributed by atoms with Crippen LogP contribution in [0.25, 0.3) is 0 Å². The first-order valence-electron chi connectivity index (χ1n) is 4.00. The van der Waals surface area contributed by atoms with Crippen LogP contribution in [0.4, 0.5) is 11.8 Å². The van der Waals surface area contributed by atoms with Gasteiger partial charge in [-0.3, -0.25) is 5.43 Å². The second-order valence-electron chi connectivity index (χ2n) is 2.45. The molecule has 0 amide bonds. The summed E-state index contributed by atoms with van der Waals surface area (Å²) in [5, 5.41) is 3.17. The van der Waals surface area contributed by atoms with E-state index in [0.717, 1.165) is 22.6 Å². The lowest BCUT2D eigenvalue weighted by atomic mass is 10.5. The summed E-state index contributed by atoms with van der Waals surface area (Å²) in [6.45, 7) is 0.862. The zero-order chi connectivity index (χ0) is 10.4. The van der Waals surface area contributed by atoms with E-state index in [4.69, 9.17) is 5.84 Å². The Kier molecular flexibility index (Phi) is 4.99. The first-order chi connectivity index (χ1) is 6.77. The molecular weight excluding hydrogens is 266 g/mol. The van der Waals surface area contributed by atoms with Gasteiger partial charge in [-0.1, -0.05) is 0 Å². The fourth-order valence-electron chi connectivity index (χ4n) is 0.832. The first-order valence-corrected chi connectivity index (χ1v) is 6.18. The lowest BCUT2D eigenvalue weighted by molar-refractivity contribution is 1.08. The Morgan fingerprint density at radius 1 is 1.64 bits per heavy atom. The minimum absolute atomic E-state index is 0.403. The molecule has 7 heteroatoms. The van der Waals surface area contributed by atoms with E-state index in [1.165, 1.54) is 0 Å². The second-order valence-corrected chi connectivity index (χ2v) is 4.29. The molecule has 1 heterocycles. The molecule has 0 aliphatic carbocycles. The fourth-order valence-corrected chi connectivity index (χ4v) is 1.47. The minimum Gasteiger partial charge on any atom is -0.368 e. The third-order valence-corrected chi connectivity index (χ3v) is 2.66. The summed E-state index contributed by atoms with van der Waals surface area (Å²) in [6, 6.07) is 0. The largest absolute Gasteiger partial charge is 0.368 e. The average molecular weight is 278 g/mol. The maximum absolute atomic E-state index is 5.20. The van der Waals surface area contributed by atoms with Crippen molar-refractivity contribution in [3.8, 4) is 0 Å². The molecule has 0 aliphatic rings. The summed E-state index contributed by atoms with van der Waals surface area (Å²) in [6.07, 6.45) is 3.72. The van der Waals surface area contributed by atoms with Crippen LogP contribution in [0.3, 0.4) is 0 Å². The van der Waals surface area contributed by atoms with E-state index >= 15 is 0 Å². The number of nitrogens with one attached hydrogen (secondary N) is 2. The molecule has 0 bridgehead atoms. The molecule has 0 fully saturated rings. The molecule has 14 heavy (non-hydrogen) atoms. The number of rotatable bonds is 5. The number of hydrazine groups is 1. The van der Waals surface area contributed by atoms with E-state index in [0.29, 0.717) is 5.95 Å². The van der Waals surface area contributed by atoms with Crippen molar-refractivity contribution in [1.29, 1.82) is 0 Å². The molecule has 0 aliphatic heterocycles. The lowest BCUT2D eigenvalue weighted by Gasteiger charge is -2.07. The molecule has 0 unspecified atom stereocenters. The Balaban J connectivity index is 2.64. The van der Waals surface area contributed by atoms with Gasteiger partial charge in [0.05, 0.1) is 4.47 Å². The SMILES string of the molecule is CSCCNc1nc(NN)ncc1Br. The van der Waals surface area contributed by atoms with Crippen LogP contribution in [0, 0.1) is 0 Å². The Bertz CT molecular complexity index is 295. The molecule has 1 aromatic heterocycles. The summed E-state index contributed by atoms with van der Waals surface area (Å²) in [5.74, 6) is 7.39. The maximum atomic E-state index is 5.20. The number of aromatic nitrogens is 2. The number of halogens is 1. The molecule has 0 aromatic carbocycles. The highest BCUT2D eigenvalue weighted by molar-refractivity contribution is 9.10. The lowest BCUT2D eigenvalue weighted by Crippen LogP contribution is -2.13. The smallest absolute Gasteiger partial charge is 0.239 e. The summed E-state index contributed by atoms with van der Waals surface area (Å²) >= 11 is 5.12. The van der Waals surface area contributed by atoms with Crippen molar-refractivity contribution in [2.75, 3.05) is 29.3 Å². The molecule has 78 valence electrons. The highest BCUT2D eigenvalue weighted by atomic mass is 79.9. The van der Waals surface area contributed by atoms with Crippen molar-refractivity contribution in [3.05, 3.63) is 10.7 Å². The van der Waals surface area contributed by atoms with Gasteiger partial charge in [-0.05, 0) is 22.2 Å². The van der Waals surface area contributed by atoms with Crippen LogP contribution in [-0.4, -0.2) is 28.5 Å². The number of anilines is 2. The zero-order valence-corrected chi connectivity index (χ0v) is 10.2. The van der Waals surface area contributed by atoms with Gasteiger partial charge in [0, 0.05) is 18.5 Å². The predicted octanol–water partition coefficient (Wildman–Crippen LogP) is 1.30. The monoisotopic (exact) mass is 277 g/mol. The molecule has 4 N–H and O–H groups in total. The number of hydrogen-bond acceptors (Lipinski definition) is 6. The molecule has 1 aromatic rings. The minimum atomic E-state index is 0.403. The standard InChI is InChI=1S/C7H12BrN5S/c1-14-3-2-10-6-5(8)4-11-7(12-6)13-9/h4H,2-3,9H2,1H3,(H2,10,11,12,13). The fraction of sp³-hybridized carbons (Fsp3) is 0.429. The van der Waals surface area contributed by atoms with E-state index < -0.39 is 0 Å². The third kappa shape index (κ3) is 3.32. The number of thioether (sulfide) groups is 1. The van der Waals surface area contributed by atoms with Crippen molar-refractivity contribution in [2.45, 2.75) is 0 Å². The van der Waals surface area contributed by atoms with Gasteiger partial charge in [0.15, 0.2) is 0 Å². The Morgan fingerprint density at radius 3 is 3.07 bits per heavy atom. The van der Waals surface area contributed by atoms with Gasteiger partial charge in [-0.2, -0.15) is 16.7 Å². The molecule has 0 spiro atoms. The normalized spacial score (nSPS) is 9.93. The summed E-state index contributed by atoms with van der Waals surface area (Å²) in [5.41, 5.74) is 2.40. The maximum Gasteiger partial charge on any atom is 0.239 e. The van der Waals surface area contributed by atoms with Crippen molar-refractivity contribution in [2.24, 2.45) is 5.84 Å². The van der Waals surface area contributed by atoms with Crippen molar-refractivity contribution in [3.63, 3.8) is 0 Å². The molecule has 5 nitrogen and oxygen atoms in total. The molecule has 0 atom stereocenters. The van der Waals surface area contributed by atoms with Gasteiger partial charge in [0.1, 0.15) is 5.82 Å². The van der Waals surface area contributed by atoms with E-state index in [1.807, 2.05) is 0 Å². The molecule has 1 rings (SSSR count). The molecule has 0 radical (unpaired) electrons. The van der Waals surface area contributed by atoms with Crippen LogP contribution in [0.1, 0.15) is 0 Å². The summed E-state index contributed by atoms with van der Waals surface area (Å²) < 4.78 is 0.831. The molecule has 0 saturated heterocycles. The van der Waals surface area contributed by atoms with Crippen LogP contribution >= 0.6 is 27.7 Å². The Hall–Kier alpha value is -0.530. The molecular formula is C7H12BrN5S. The summed E-state index contributed by atoms with van der Waals surface area (Å²) in [4.78, 5) is 8.09. The van der Waals surface area contributed by atoms with Gasteiger partial charge in [0.2, 0.25) is 5.95 Å². The first kappa shape index (κ1) is 11.5. The topological polar surface area (TPSA) is 75.9 Å². The highest BCUT2D eigenvalue weighted by Crippen LogP contribution is 2.19. The van der Waals surface area contributed by atoms with Gasteiger partial charge in [0.25, 0.3) is 0 Å². The zero-order valence-electron chi connectivity index (χ0n) is 7.75. The van der Waals surface area contributed by atoms with Crippen LogP contribution in [0.2, 0.25) is 0 Å². The predicted molar refractivity (Wildman–Crippen MR) is 64.4 cm³/mol. The van der Waals surface area contributed by atoms with E-state index in [1.54, 1.807) is 18.0 Å². The third-order valence-electron chi connectivity index (χ3n) is 1.47. The van der Waals surface area contributed by atoms with Crippen LogP contribution in [0.5, 0.6) is 0 Å². The van der Waals surface area contributed by atoms with Crippen LogP contribution in [-0.2, 0) is 0 Å².